The van der Waals surface area contributed by atoms with Crippen LogP contribution in [-0.4, -0.2) is 29.3 Å². The molecule has 1 saturated carbocycles. The van der Waals surface area contributed by atoms with E-state index >= 15 is 0 Å². The highest BCUT2D eigenvalue weighted by Gasteiger charge is 2.26. The Labute approximate surface area is 109 Å². The van der Waals surface area contributed by atoms with Crippen LogP contribution in [0.3, 0.4) is 0 Å². The van der Waals surface area contributed by atoms with Crippen LogP contribution in [0, 0.1) is 5.92 Å². The molecule has 2 rings (SSSR count). The highest BCUT2D eigenvalue weighted by atomic mass is 16.3. The highest BCUT2D eigenvalue weighted by Crippen LogP contribution is 2.27. The van der Waals surface area contributed by atoms with Gasteiger partial charge in [0.05, 0.1) is 0 Å². The van der Waals surface area contributed by atoms with E-state index < -0.39 is 0 Å². The van der Waals surface area contributed by atoms with Gasteiger partial charge in [0.1, 0.15) is 11.6 Å². The van der Waals surface area contributed by atoms with E-state index in [2.05, 4.69) is 22.5 Å². The van der Waals surface area contributed by atoms with Crippen LogP contribution in [0.15, 0.2) is 18.2 Å². The van der Waals surface area contributed by atoms with Crippen molar-refractivity contribution in [1.29, 1.82) is 0 Å². The average molecular weight is 249 g/mol. The maximum absolute atomic E-state index is 9.31. The summed E-state index contributed by atoms with van der Waals surface area (Å²) in [5.41, 5.74) is 0. The van der Waals surface area contributed by atoms with Gasteiger partial charge in [0.15, 0.2) is 0 Å². The quantitative estimate of drug-likeness (QED) is 0.725. The summed E-state index contributed by atoms with van der Waals surface area (Å²) in [5.74, 6) is 2.20. The lowest BCUT2D eigenvalue weighted by molar-refractivity contribution is 0.222. The molecular formula is C14H23N3O. The summed E-state index contributed by atoms with van der Waals surface area (Å²) >= 11 is 0. The number of hydrogen-bond donors (Lipinski definition) is 3. The van der Waals surface area contributed by atoms with Gasteiger partial charge in [0.2, 0.25) is 0 Å². The Balaban J connectivity index is 1.96. The standard InChI is InChI=1S/C14H23N3O/c1-2-9-15-13-7-4-8-14(17-13)16-12-6-3-5-11(12)10-18/h4,7-8,11-12,18H,2-3,5-6,9-10H2,1H3,(H2,15,16,17). The molecule has 1 aliphatic rings. The van der Waals surface area contributed by atoms with Gasteiger partial charge in [-0.2, -0.15) is 0 Å². The molecule has 0 amide bonds. The minimum Gasteiger partial charge on any atom is -0.396 e. The summed E-state index contributed by atoms with van der Waals surface area (Å²) in [6.45, 7) is 3.35. The van der Waals surface area contributed by atoms with E-state index in [1.54, 1.807) is 0 Å². The smallest absolute Gasteiger partial charge is 0.128 e. The fourth-order valence-electron chi connectivity index (χ4n) is 2.50. The van der Waals surface area contributed by atoms with Crippen LogP contribution >= 0.6 is 0 Å². The van der Waals surface area contributed by atoms with E-state index in [9.17, 15) is 5.11 Å². The Morgan fingerprint density at radius 2 is 2.17 bits per heavy atom. The SMILES string of the molecule is CCCNc1cccc(NC2CCCC2CO)n1. The van der Waals surface area contributed by atoms with E-state index in [1.165, 1.54) is 6.42 Å². The van der Waals surface area contributed by atoms with E-state index in [0.717, 1.165) is 37.4 Å². The minimum absolute atomic E-state index is 0.269. The first kappa shape index (κ1) is 13.1. The molecule has 0 radical (unpaired) electrons. The second-order valence-electron chi connectivity index (χ2n) is 4.96. The molecule has 0 aliphatic heterocycles. The van der Waals surface area contributed by atoms with Gasteiger partial charge in [-0.15, -0.1) is 0 Å². The lowest BCUT2D eigenvalue weighted by atomic mass is 10.1. The van der Waals surface area contributed by atoms with Gasteiger partial charge in [-0.25, -0.2) is 4.98 Å². The lowest BCUT2D eigenvalue weighted by Crippen LogP contribution is -2.26. The fourth-order valence-corrected chi connectivity index (χ4v) is 2.50. The van der Waals surface area contributed by atoms with Crippen LogP contribution in [0.4, 0.5) is 11.6 Å². The zero-order valence-corrected chi connectivity index (χ0v) is 11.0. The molecule has 100 valence electrons. The van der Waals surface area contributed by atoms with Gasteiger partial charge in [0, 0.05) is 25.1 Å². The summed E-state index contributed by atoms with van der Waals surface area (Å²) < 4.78 is 0. The normalized spacial score (nSPS) is 23.0. The van der Waals surface area contributed by atoms with Gasteiger partial charge in [-0.1, -0.05) is 19.4 Å². The Morgan fingerprint density at radius 1 is 1.33 bits per heavy atom. The van der Waals surface area contributed by atoms with Crippen molar-refractivity contribution in [1.82, 2.24) is 4.98 Å². The predicted octanol–water partition coefficient (Wildman–Crippen LogP) is 2.48. The zero-order chi connectivity index (χ0) is 12.8. The lowest BCUT2D eigenvalue weighted by Gasteiger charge is -2.20. The molecule has 2 unspecified atom stereocenters. The van der Waals surface area contributed by atoms with E-state index in [-0.39, 0.29) is 6.61 Å². The number of rotatable bonds is 6. The van der Waals surface area contributed by atoms with Crippen molar-refractivity contribution >= 4 is 11.6 Å². The average Bonchev–Trinajstić information content (AvgIpc) is 2.84. The Kier molecular flexibility index (Phi) is 4.81. The van der Waals surface area contributed by atoms with Crippen molar-refractivity contribution in [3.8, 4) is 0 Å². The Morgan fingerprint density at radius 3 is 2.94 bits per heavy atom. The van der Waals surface area contributed by atoms with Gasteiger partial charge in [0.25, 0.3) is 0 Å². The summed E-state index contributed by atoms with van der Waals surface area (Å²) in [5, 5.41) is 16.0. The second kappa shape index (κ2) is 6.59. The molecule has 0 aromatic carbocycles. The van der Waals surface area contributed by atoms with Crippen LogP contribution in [0.25, 0.3) is 0 Å². The van der Waals surface area contributed by atoms with Crippen molar-refractivity contribution in [2.75, 3.05) is 23.8 Å². The molecule has 4 heteroatoms. The second-order valence-corrected chi connectivity index (χ2v) is 4.96. The molecular weight excluding hydrogens is 226 g/mol. The molecule has 4 nitrogen and oxygen atoms in total. The monoisotopic (exact) mass is 249 g/mol. The predicted molar refractivity (Wildman–Crippen MR) is 74.9 cm³/mol. The number of pyridine rings is 1. The first-order valence-electron chi connectivity index (χ1n) is 6.91. The molecule has 3 N–H and O–H groups in total. The number of aromatic nitrogens is 1. The fraction of sp³-hybridized carbons (Fsp3) is 0.643. The molecule has 0 spiro atoms. The molecule has 1 fully saturated rings. The summed E-state index contributed by atoms with van der Waals surface area (Å²) in [4.78, 5) is 4.54. The maximum atomic E-state index is 9.31. The van der Waals surface area contributed by atoms with E-state index in [1.807, 2.05) is 18.2 Å². The Bertz CT molecular complexity index is 370. The number of nitrogens with zero attached hydrogens (tertiary/aromatic N) is 1. The summed E-state index contributed by atoms with van der Waals surface area (Å²) in [6.07, 6.45) is 4.52. The number of aliphatic hydroxyl groups is 1. The van der Waals surface area contributed by atoms with Crippen molar-refractivity contribution in [2.24, 2.45) is 5.92 Å². The molecule has 2 atom stereocenters. The number of hydrogen-bond acceptors (Lipinski definition) is 4. The van der Waals surface area contributed by atoms with Crippen molar-refractivity contribution in [3.63, 3.8) is 0 Å². The van der Waals surface area contributed by atoms with Crippen molar-refractivity contribution < 1.29 is 5.11 Å². The molecule has 1 heterocycles. The maximum Gasteiger partial charge on any atom is 0.128 e. The molecule has 18 heavy (non-hydrogen) atoms. The third kappa shape index (κ3) is 3.35. The zero-order valence-electron chi connectivity index (χ0n) is 11.0. The molecule has 1 aliphatic carbocycles. The van der Waals surface area contributed by atoms with Crippen LogP contribution in [0.1, 0.15) is 32.6 Å². The molecule has 0 saturated heterocycles. The topological polar surface area (TPSA) is 57.2 Å². The first-order valence-corrected chi connectivity index (χ1v) is 6.91. The van der Waals surface area contributed by atoms with E-state index in [0.29, 0.717) is 12.0 Å². The first-order chi connectivity index (χ1) is 8.83. The van der Waals surface area contributed by atoms with Crippen LogP contribution in [0.2, 0.25) is 0 Å². The van der Waals surface area contributed by atoms with Gasteiger partial charge >= 0.3 is 0 Å². The molecule has 0 bridgehead atoms. The van der Waals surface area contributed by atoms with Crippen molar-refractivity contribution in [2.45, 2.75) is 38.6 Å². The molecule has 1 aromatic rings. The number of anilines is 2. The third-order valence-electron chi connectivity index (χ3n) is 3.53. The minimum atomic E-state index is 0.269. The summed E-state index contributed by atoms with van der Waals surface area (Å²) in [7, 11) is 0. The summed E-state index contributed by atoms with van der Waals surface area (Å²) in [6, 6.07) is 6.35. The van der Waals surface area contributed by atoms with Crippen molar-refractivity contribution in [3.05, 3.63) is 18.2 Å². The number of aliphatic hydroxyl groups excluding tert-OH is 1. The number of nitrogens with one attached hydrogen (secondary N) is 2. The molecule has 1 aromatic heterocycles. The van der Waals surface area contributed by atoms with Crippen LogP contribution in [-0.2, 0) is 0 Å². The highest BCUT2D eigenvalue weighted by molar-refractivity contribution is 5.45. The van der Waals surface area contributed by atoms with Gasteiger partial charge in [-0.3, -0.25) is 0 Å². The van der Waals surface area contributed by atoms with E-state index in [4.69, 9.17) is 0 Å². The third-order valence-corrected chi connectivity index (χ3v) is 3.53. The van der Waals surface area contributed by atoms with Gasteiger partial charge in [-0.05, 0) is 31.4 Å². The largest absolute Gasteiger partial charge is 0.396 e. The van der Waals surface area contributed by atoms with Gasteiger partial charge < -0.3 is 15.7 Å². The van der Waals surface area contributed by atoms with Crippen LogP contribution in [0.5, 0.6) is 0 Å². The van der Waals surface area contributed by atoms with Crippen LogP contribution < -0.4 is 10.6 Å². The Hall–Kier alpha value is -1.29.